The maximum Gasteiger partial charge on any atom is 0.135 e. The SMILES string of the molecule is CCCCN(CCCC)CCCNCc1ccc(-c2ccc(I)cc2Cl)o1.Cl.Cl. The Morgan fingerprint density at radius 1 is 0.966 bits per heavy atom. The first-order chi connectivity index (χ1) is 13.1. The highest BCUT2D eigenvalue weighted by Gasteiger charge is 2.09. The Balaban J connectivity index is 0.00000392. The molecule has 0 bridgehead atoms. The molecule has 1 aromatic carbocycles. The molecule has 0 saturated heterocycles. The van der Waals surface area contributed by atoms with Crippen LogP contribution in [-0.2, 0) is 6.54 Å². The third-order valence-corrected chi connectivity index (χ3v) is 5.62. The van der Waals surface area contributed by atoms with Gasteiger partial charge in [0, 0.05) is 9.13 Å². The molecule has 1 heterocycles. The monoisotopic (exact) mass is 574 g/mol. The second-order valence-corrected chi connectivity index (χ2v) is 8.62. The van der Waals surface area contributed by atoms with Crippen molar-refractivity contribution < 1.29 is 4.42 Å². The zero-order valence-corrected chi connectivity index (χ0v) is 21.9. The van der Waals surface area contributed by atoms with Crippen molar-refractivity contribution in [3.05, 3.63) is 44.7 Å². The van der Waals surface area contributed by atoms with Gasteiger partial charge in [0.1, 0.15) is 11.5 Å². The summed E-state index contributed by atoms with van der Waals surface area (Å²) in [4.78, 5) is 2.61. The van der Waals surface area contributed by atoms with E-state index < -0.39 is 0 Å². The van der Waals surface area contributed by atoms with Crippen molar-refractivity contribution in [3.63, 3.8) is 0 Å². The molecule has 0 radical (unpaired) electrons. The zero-order valence-electron chi connectivity index (χ0n) is 17.4. The summed E-state index contributed by atoms with van der Waals surface area (Å²) in [5, 5.41) is 4.23. The van der Waals surface area contributed by atoms with Crippen molar-refractivity contribution in [2.45, 2.75) is 52.5 Å². The molecule has 0 aliphatic heterocycles. The van der Waals surface area contributed by atoms with Gasteiger partial charge in [-0.15, -0.1) is 24.8 Å². The van der Waals surface area contributed by atoms with Crippen LogP contribution in [0.15, 0.2) is 34.7 Å². The first-order valence-corrected chi connectivity index (χ1v) is 11.6. The van der Waals surface area contributed by atoms with Crippen LogP contribution in [0.5, 0.6) is 0 Å². The van der Waals surface area contributed by atoms with E-state index in [0.717, 1.165) is 38.8 Å². The summed E-state index contributed by atoms with van der Waals surface area (Å²) in [7, 11) is 0. The van der Waals surface area contributed by atoms with Crippen LogP contribution in [0.1, 0.15) is 51.7 Å². The van der Waals surface area contributed by atoms with Gasteiger partial charge in [-0.25, -0.2) is 0 Å². The second-order valence-electron chi connectivity index (χ2n) is 6.97. The van der Waals surface area contributed by atoms with Crippen molar-refractivity contribution >= 4 is 59.0 Å². The summed E-state index contributed by atoms with van der Waals surface area (Å²) < 4.78 is 7.09. The van der Waals surface area contributed by atoms with Gasteiger partial charge in [-0.2, -0.15) is 0 Å². The number of hydrogen-bond donors (Lipinski definition) is 1. The summed E-state index contributed by atoms with van der Waals surface area (Å²) in [5.74, 6) is 1.78. The van der Waals surface area contributed by atoms with Crippen LogP contribution in [0.3, 0.4) is 0 Å². The van der Waals surface area contributed by atoms with E-state index in [9.17, 15) is 0 Å². The molecule has 0 aliphatic rings. The summed E-state index contributed by atoms with van der Waals surface area (Å²) in [6.07, 6.45) is 6.31. The number of rotatable bonds is 13. The molecule has 29 heavy (non-hydrogen) atoms. The largest absolute Gasteiger partial charge is 0.460 e. The predicted molar refractivity (Wildman–Crippen MR) is 139 cm³/mol. The first kappa shape index (κ1) is 29.0. The summed E-state index contributed by atoms with van der Waals surface area (Å²) in [6.45, 7) is 9.93. The fourth-order valence-electron chi connectivity index (χ4n) is 3.05. The minimum atomic E-state index is 0. The highest BCUT2D eigenvalue weighted by Crippen LogP contribution is 2.30. The van der Waals surface area contributed by atoms with Crippen molar-refractivity contribution in [2.24, 2.45) is 0 Å². The molecule has 0 fully saturated rings. The molecule has 0 aliphatic carbocycles. The fourth-order valence-corrected chi connectivity index (χ4v) is 3.99. The van der Waals surface area contributed by atoms with E-state index in [0.29, 0.717) is 0 Å². The fraction of sp³-hybridized carbons (Fsp3) is 0.545. The number of hydrogen-bond acceptors (Lipinski definition) is 3. The molecule has 0 spiro atoms. The minimum Gasteiger partial charge on any atom is -0.460 e. The van der Waals surface area contributed by atoms with Crippen molar-refractivity contribution in [1.29, 1.82) is 0 Å². The van der Waals surface area contributed by atoms with E-state index in [-0.39, 0.29) is 24.8 Å². The van der Waals surface area contributed by atoms with Gasteiger partial charge in [0.2, 0.25) is 0 Å². The van der Waals surface area contributed by atoms with Gasteiger partial charge in [0.25, 0.3) is 0 Å². The maximum atomic E-state index is 6.34. The summed E-state index contributed by atoms with van der Waals surface area (Å²) >= 11 is 8.60. The highest BCUT2D eigenvalue weighted by molar-refractivity contribution is 14.1. The Labute approximate surface area is 207 Å². The molecule has 7 heteroatoms. The quantitative estimate of drug-likeness (QED) is 0.199. The maximum absolute atomic E-state index is 6.34. The van der Waals surface area contributed by atoms with Crippen LogP contribution >= 0.6 is 59.0 Å². The lowest BCUT2D eigenvalue weighted by molar-refractivity contribution is 0.260. The third kappa shape index (κ3) is 10.7. The lowest BCUT2D eigenvalue weighted by atomic mass is 10.2. The Hall–Kier alpha value is 0.0200. The molecule has 0 amide bonds. The van der Waals surface area contributed by atoms with Crippen LogP contribution in [0, 0.1) is 3.57 Å². The van der Waals surface area contributed by atoms with Crippen LogP contribution in [0.2, 0.25) is 5.02 Å². The number of furan rings is 1. The number of nitrogens with zero attached hydrogens (tertiary/aromatic N) is 1. The number of halogens is 4. The second kappa shape index (κ2) is 16.7. The Morgan fingerprint density at radius 3 is 2.24 bits per heavy atom. The molecular formula is C22H34Cl3IN2O. The van der Waals surface area contributed by atoms with Crippen molar-refractivity contribution in [2.75, 3.05) is 26.2 Å². The first-order valence-electron chi connectivity index (χ1n) is 10.1. The minimum absolute atomic E-state index is 0. The van der Waals surface area contributed by atoms with E-state index in [1.165, 1.54) is 51.7 Å². The predicted octanol–water partition coefficient (Wildman–Crippen LogP) is 7.43. The van der Waals surface area contributed by atoms with Gasteiger partial charge in [0.05, 0.1) is 11.6 Å². The standard InChI is InChI=1S/C22H32ClIN2O.2ClH/c1-3-5-13-26(14-6-4-2)15-7-12-25-17-19-9-11-22(27-19)20-10-8-18(24)16-21(20)23;;/h8-11,16,25H,3-7,12-15,17H2,1-2H3;2*1H. The Bertz CT molecular complexity index is 674. The van der Waals surface area contributed by atoms with Gasteiger partial charge in [-0.1, -0.05) is 38.3 Å². The van der Waals surface area contributed by atoms with E-state index in [1.807, 2.05) is 30.3 Å². The van der Waals surface area contributed by atoms with Gasteiger partial charge in [-0.3, -0.25) is 0 Å². The van der Waals surface area contributed by atoms with Gasteiger partial charge < -0.3 is 14.6 Å². The summed E-state index contributed by atoms with van der Waals surface area (Å²) in [6, 6.07) is 10.1. The lowest BCUT2D eigenvalue weighted by Crippen LogP contribution is -2.29. The van der Waals surface area contributed by atoms with Crippen molar-refractivity contribution in [1.82, 2.24) is 10.2 Å². The molecule has 0 saturated carbocycles. The van der Waals surface area contributed by atoms with Crippen LogP contribution < -0.4 is 5.32 Å². The molecule has 2 aromatic rings. The molecule has 3 nitrogen and oxygen atoms in total. The molecule has 1 aromatic heterocycles. The van der Waals surface area contributed by atoms with E-state index in [4.69, 9.17) is 16.0 Å². The van der Waals surface area contributed by atoms with Crippen LogP contribution in [0.4, 0.5) is 0 Å². The zero-order chi connectivity index (χ0) is 19.5. The molecule has 0 unspecified atom stereocenters. The normalized spacial score (nSPS) is 10.7. The Kier molecular flexibility index (Phi) is 16.7. The third-order valence-electron chi connectivity index (χ3n) is 4.64. The van der Waals surface area contributed by atoms with Crippen molar-refractivity contribution in [3.8, 4) is 11.3 Å². The van der Waals surface area contributed by atoms with Crippen LogP contribution in [-0.4, -0.2) is 31.1 Å². The van der Waals surface area contributed by atoms with E-state index in [1.54, 1.807) is 0 Å². The molecular weight excluding hydrogens is 542 g/mol. The molecule has 1 N–H and O–H groups in total. The average Bonchev–Trinajstić information content (AvgIpc) is 3.11. The number of benzene rings is 1. The van der Waals surface area contributed by atoms with E-state index >= 15 is 0 Å². The average molecular weight is 576 g/mol. The van der Waals surface area contributed by atoms with Crippen LogP contribution in [0.25, 0.3) is 11.3 Å². The van der Waals surface area contributed by atoms with Gasteiger partial charge in [-0.05, 0) is 98.4 Å². The molecule has 166 valence electrons. The van der Waals surface area contributed by atoms with Gasteiger partial charge in [0.15, 0.2) is 0 Å². The molecule has 0 atom stereocenters. The number of nitrogens with one attached hydrogen (secondary N) is 1. The van der Waals surface area contributed by atoms with E-state index in [2.05, 4.69) is 46.7 Å². The lowest BCUT2D eigenvalue weighted by Gasteiger charge is -2.21. The number of unbranched alkanes of at least 4 members (excludes halogenated alkanes) is 2. The van der Waals surface area contributed by atoms with Gasteiger partial charge >= 0.3 is 0 Å². The molecule has 2 rings (SSSR count). The summed E-state index contributed by atoms with van der Waals surface area (Å²) in [5.41, 5.74) is 0.950. The topological polar surface area (TPSA) is 28.4 Å². The Morgan fingerprint density at radius 2 is 1.62 bits per heavy atom. The smallest absolute Gasteiger partial charge is 0.135 e. The highest BCUT2D eigenvalue weighted by atomic mass is 127.